The molecule has 6 aliphatic rings. The second kappa shape index (κ2) is 13.1. The van der Waals surface area contributed by atoms with Gasteiger partial charge in [-0.15, -0.1) is 0 Å². The van der Waals surface area contributed by atoms with Gasteiger partial charge in [-0.25, -0.2) is 0 Å². The van der Waals surface area contributed by atoms with E-state index in [-0.39, 0.29) is 0 Å². The normalized spacial score (nSPS) is 25.5. The maximum Gasteiger partial charge on any atom is 0.0462 e. The van der Waals surface area contributed by atoms with Gasteiger partial charge in [0.25, 0.3) is 0 Å². The van der Waals surface area contributed by atoms with Gasteiger partial charge < -0.3 is 10.3 Å². The lowest BCUT2D eigenvalue weighted by atomic mass is 9.73. The fourth-order valence-corrected chi connectivity index (χ4v) is 9.64. The summed E-state index contributed by atoms with van der Waals surface area (Å²) in [6.45, 7) is 0. The van der Waals surface area contributed by atoms with Crippen molar-refractivity contribution in [2.75, 3.05) is 0 Å². The molecule has 3 atom stereocenters. The molecule has 244 valence electrons. The Bertz CT molecular complexity index is 1930. The lowest BCUT2D eigenvalue weighted by molar-refractivity contribution is 0.361. The van der Waals surface area contributed by atoms with Crippen molar-refractivity contribution in [1.29, 1.82) is 0 Å². The number of hydrogen-bond acceptors (Lipinski definition) is 1. The lowest BCUT2D eigenvalue weighted by Crippen LogP contribution is -2.34. The van der Waals surface area contributed by atoms with Gasteiger partial charge >= 0.3 is 0 Å². The van der Waals surface area contributed by atoms with Gasteiger partial charge in [0.1, 0.15) is 0 Å². The van der Waals surface area contributed by atoms with E-state index >= 15 is 0 Å². The second-order valence-electron chi connectivity index (χ2n) is 15.3. The Kier molecular flexibility index (Phi) is 8.21. The summed E-state index contributed by atoms with van der Waals surface area (Å²) in [5.74, 6) is 1.75. The lowest BCUT2D eigenvalue weighted by Gasteiger charge is -2.36. The predicted molar refractivity (Wildman–Crippen MR) is 204 cm³/mol. The monoisotopic (exact) mass is 630 g/mol. The van der Waals surface area contributed by atoms with Crippen LogP contribution in [0.25, 0.3) is 28.6 Å². The highest BCUT2D eigenvalue weighted by molar-refractivity contribution is 5.92. The molecular weight excluding hydrogens is 581 g/mol. The third-order valence-corrected chi connectivity index (χ3v) is 12.2. The molecule has 0 radical (unpaired) electrons. The van der Waals surface area contributed by atoms with Crippen LogP contribution in [0.1, 0.15) is 116 Å². The average Bonchev–Trinajstić information content (AvgIpc) is 3.53. The van der Waals surface area contributed by atoms with E-state index in [0.717, 1.165) is 38.0 Å². The standard InChI is InChI=1S/C46H50N2/c1-3-11-31(12-4-1)38-26-39(32-13-5-2-6-14-32)28-40(27-38)47-45-23-21-35(29-42(45)37-20-19-33-15-7-8-16-34(33)25-37)36-22-24-46-43(30-36)41-17-9-10-18-44(41)48-46/h3,7,9,11-12,15,17,19-25,28,30,32,35,38,40,47-48H,1-2,4-6,8,10,13-14,16,18,26-27,29H2. The van der Waals surface area contributed by atoms with Crippen LogP contribution in [0.2, 0.25) is 0 Å². The molecule has 9 rings (SSSR count). The maximum atomic E-state index is 4.20. The summed E-state index contributed by atoms with van der Waals surface area (Å²) in [6.07, 6.45) is 41.6. The molecule has 6 aliphatic carbocycles. The molecule has 0 bridgehead atoms. The minimum Gasteiger partial charge on any atom is -0.379 e. The molecule has 2 nitrogen and oxygen atoms in total. The molecular formula is C46H50N2. The molecule has 48 heavy (non-hydrogen) atoms. The zero-order valence-electron chi connectivity index (χ0n) is 28.4. The summed E-state index contributed by atoms with van der Waals surface area (Å²) in [7, 11) is 0. The molecule has 1 saturated carbocycles. The van der Waals surface area contributed by atoms with E-state index < -0.39 is 0 Å². The van der Waals surface area contributed by atoms with Crippen molar-refractivity contribution in [2.24, 2.45) is 11.8 Å². The van der Waals surface area contributed by atoms with Crippen LogP contribution in [0, 0.1) is 11.8 Å². The van der Waals surface area contributed by atoms with Crippen LogP contribution in [0.15, 0.2) is 102 Å². The smallest absolute Gasteiger partial charge is 0.0462 e. The molecule has 1 aromatic heterocycles. The maximum absolute atomic E-state index is 4.20. The Morgan fingerprint density at radius 3 is 2.56 bits per heavy atom. The van der Waals surface area contributed by atoms with Gasteiger partial charge in [-0.2, -0.15) is 0 Å². The van der Waals surface area contributed by atoms with Gasteiger partial charge in [0, 0.05) is 39.8 Å². The van der Waals surface area contributed by atoms with Crippen LogP contribution in [-0.4, -0.2) is 11.0 Å². The Balaban J connectivity index is 1.07. The number of fused-ring (bicyclic) bond motifs is 4. The molecule has 2 aromatic carbocycles. The van der Waals surface area contributed by atoms with Gasteiger partial charge in [0.15, 0.2) is 0 Å². The van der Waals surface area contributed by atoms with Gasteiger partial charge in [-0.05, 0) is 134 Å². The molecule has 1 heterocycles. The summed E-state index contributed by atoms with van der Waals surface area (Å²) in [5, 5.41) is 5.58. The number of rotatable bonds is 6. The third kappa shape index (κ3) is 5.93. The van der Waals surface area contributed by atoms with Crippen LogP contribution in [0.4, 0.5) is 0 Å². The fraction of sp³-hybridized carbons (Fsp3) is 0.391. The SMILES string of the molecule is C1=CC(C2CC(C3CCCCC3)=CC(NC3=C(c4ccc5c(c4)CCC=C5)CC(c4ccc5[nH]c6c(c5c4)C=CCC6)C=C3)C2)=CCC1. The molecule has 0 aliphatic heterocycles. The van der Waals surface area contributed by atoms with E-state index in [1.165, 1.54) is 113 Å². The Hall–Kier alpha value is -4.04. The van der Waals surface area contributed by atoms with Crippen molar-refractivity contribution in [1.82, 2.24) is 10.3 Å². The Morgan fingerprint density at radius 2 is 1.65 bits per heavy atom. The summed E-state index contributed by atoms with van der Waals surface area (Å²) < 4.78 is 0. The minimum absolute atomic E-state index is 0.356. The number of benzene rings is 2. The van der Waals surface area contributed by atoms with Crippen LogP contribution in [0.5, 0.6) is 0 Å². The molecule has 2 N–H and O–H groups in total. The van der Waals surface area contributed by atoms with Crippen LogP contribution < -0.4 is 5.32 Å². The number of H-pyrrole nitrogens is 1. The van der Waals surface area contributed by atoms with E-state index in [1.54, 1.807) is 11.1 Å². The first kappa shape index (κ1) is 30.1. The van der Waals surface area contributed by atoms with Gasteiger partial charge in [-0.1, -0.05) is 104 Å². The Morgan fingerprint density at radius 1 is 0.750 bits per heavy atom. The third-order valence-electron chi connectivity index (χ3n) is 12.2. The number of aromatic nitrogens is 1. The summed E-state index contributed by atoms with van der Waals surface area (Å²) in [5.41, 5.74) is 15.9. The van der Waals surface area contributed by atoms with Gasteiger partial charge in [-0.3, -0.25) is 0 Å². The van der Waals surface area contributed by atoms with Crippen LogP contribution >= 0.6 is 0 Å². The zero-order valence-corrected chi connectivity index (χ0v) is 28.4. The first-order valence-corrected chi connectivity index (χ1v) is 19.1. The highest BCUT2D eigenvalue weighted by Crippen LogP contribution is 2.43. The van der Waals surface area contributed by atoms with Crippen molar-refractivity contribution >= 4 is 28.6 Å². The number of nitrogens with one attached hydrogen (secondary N) is 2. The van der Waals surface area contributed by atoms with Crippen molar-refractivity contribution in [2.45, 2.75) is 102 Å². The molecule has 0 spiro atoms. The number of aryl methyl sites for hydroxylation is 2. The van der Waals surface area contributed by atoms with E-state index in [9.17, 15) is 0 Å². The first-order chi connectivity index (χ1) is 23.7. The van der Waals surface area contributed by atoms with E-state index in [2.05, 4.69) is 107 Å². The fourth-order valence-electron chi connectivity index (χ4n) is 9.64. The summed E-state index contributed by atoms with van der Waals surface area (Å²) in [6, 6.07) is 14.8. The summed E-state index contributed by atoms with van der Waals surface area (Å²) in [4.78, 5) is 3.71. The quantitative estimate of drug-likeness (QED) is 0.261. The second-order valence-corrected chi connectivity index (χ2v) is 15.3. The van der Waals surface area contributed by atoms with Crippen molar-refractivity contribution < 1.29 is 0 Å². The molecule has 1 fully saturated rings. The topological polar surface area (TPSA) is 27.8 Å². The first-order valence-electron chi connectivity index (χ1n) is 19.1. The average molecular weight is 631 g/mol. The van der Waals surface area contributed by atoms with Gasteiger partial charge in [0.05, 0.1) is 0 Å². The number of aromatic amines is 1. The van der Waals surface area contributed by atoms with Crippen molar-refractivity contribution in [3.63, 3.8) is 0 Å². The van der Waals surface area contributed by atoms with E-state index in [1.807, 2.05) is 0 Å². The zero-order chi connectivity index (χ0) is 31.9. The molecule has 0 saturated heterocycles. The van der Waals surface area contributed by atoms with Crippen LogP contribution in [0.3, 0.4) is 0 Å². The van der Waals surface area contributed by atoms with E-state index in [0.29, 0.717) is 17.9 Å². The summed E-state index contributed by atoms with van der Waals surface area (Å²) >= 11 is 0. The minimum atomic E-state index is 0.356. The largest absolute Gasteiger partial charge is 0.379 e. The number of allylic oxidation sites excluding steroid dienone is 10. The van der Waals surface area contributed by atoms with Gasteiger partial charge in [0.2, 0.25) is 0 Å². The Labute approximate surface area is 287 Å². The highest BCUT2D eigenvalue weighted by Gasteiger charge is 2.30. The molecule has 3 aromatic rings. The molecule has 3 unspecified atom stereocenters. The van der Waals surface area contributed by atoms with Crippen molar-refractivity contribution in [3.05, 3.63) is 135 Å². The number of hydrogen-bond donors (Lipinski definition) is 2. The molecule has 0 amide bonds. The van der Waals surface area contributed by atoms with Crippen molar-refractivity contribution in [3.8, 4) is 0 Å². The predicted octanol–water partition coefficient (Wildman–Crippen LogP) is 11.7. The van der Waals surface area contributed by atoms with E-state index in [4.69, 9.17) is 0 Å². The highest BCUT2D eigenvalue weighted by atomic mass is 14.9. The van der Waals surface area contributed by atoms with Crippen LogP contribution in [-0.2, 0) is 12.8 Å². The molecule has 2 heteroatoms.